The van der Waals surface area contributed by atoms with Crippen molar-refractivity contribution in [3.05, 3.63) is 186 Å². The van der Waals surface area contributed by atoms with E-state index in [9.17, 15) is 0 Å². The summed E-state index contributed by atoms with van der Waals surface area (Å²) >= 11 is 0. The Morgan fingerprint density at radius 2 is 1.16 bits per heavy atom. The number of aromatic amines is 1. The molecule has 3 heterocycles. The van der Waals surface area contributed by atoms with Crippen molar-refractivity contribution in [2.45, 2.75) is 38.5 Å². The number of nitrogens with one attached hydrogen (secondary N) is 1. The molecule has 0 amide bonds. The van der Waals surface area contributed by atoms with Gasteiger partial charge in [-0.1, -0.05) is 161 Å². The fourth-order valence-electron chi connectivity index (χ4n) is 11.8. The van der Waals surface area contributed by atoms with Crippen molar-refractivity contribution in [1.82, 2.24) is 4.98 Å². The Balaban J connectivity index is 1.11. The summed E-state index contributed by atoms with van der Waals surface area (Å²) < 4.78 is 7.09. The molecule has 0 bridgehead atoms. The predicted octanol–water partition coefficient (Wildman–Crippen LogP) is 14.1. The summed E-state index contributed by atoms with van der Waals surface area (Å²) in [6, 6.07) is 61.0. The fourth-order valence-corrected chi connectivity index (χ4v) is 11.8. The lowest BCUT2D eigenvalue weighted by atomic mass is 9.57. The van der Waals surface area contributed by atoms with Crippen LogP contribution in [0.4, 0.5) is 17.1 Å². The van der Waals surface area contributed by atoms with Crippen molar-refractivity contribution in [2.75, 3.05) is 4.90 Å². The van der Waals surface area contributed by atoms with Gasteiger partial charge in [0.1, 0.15) is 5.58 Å². The maximum absolute atomic E-state index is 7.09. The van der Waals surface area contributed by atoms with E-state index in [4.69, 9.17) is 4.42 Å². The van der Waals surface area contributed by atoms with Gasteiger partial charge >= 0.3 is 0 Å². The van der Waals surface area contributed by atoms with Gasteiger partial charge in [-0.05, 0) is 103 Å². The van der Waals surface area contributed by atoms with E-state index < -0.39 is 0 Å². The van der Waals surface area contributed by atoms with Crippen LogP contribution in [0.5, 0.6) is 0 Å². The largest absolute Gasteiger partial charge is 0.454 e. The van der Waals surface area contributed by atoms with E-state index in [-0.39, 0.29) is 10.8 Å². The van der Waals surface area contributed by atoms with Crippen molar-refractivity contribution in [3.8, 4) is 33.4 Å². The first-order chi connectivity index (χ1) is 30.3. The quantitative estimate of drug-likeness (QED) is 0.177. The van der Waals surface area contributed by atoms with Crippen LogP contribution in [0.3, 0.4) is 0 Å². The number of nitrogens with zero attached hydrogens (tertiary/aromatic N) is 1. The maximum atomic E-state index is 7.09. The molecule has 291 valence electrons. The number of furan rings is 1. The van der Waals surface area contributed by atoms with Crippen LogP contribution in [0.15, 0.2) is 168 Å². The maximum Gasteiger partial charge on any atom is 0.198 e. The highest BCUT2D eigenvalue weighted by molar-refractivity contribution is 6.74. The first kappa shape index (κ1) is 34.4. The van der Waals surface area contributed by atoms with Gasteiger partial charge in [0.15, 0.2) is 12.9 Å². The van der Waals surface area contributed by atoms with Gasteiger partial charge in [-0.2, -0.15) is 0 Å². The van der Waals surface area contributed by atoms with Gasteiger partial charge in [0.2, 0.25) is 0 Å². The Morgan fingerprint density at radius 1 is 0.500 bits per heavy atom. The molecule has 62 heavy (non-hydrogen) atoms. The Bertz CT molecular complexity index is 3810. The van der Waals surface area contributed by atoms with Crippen LogP contribution in [0.2, 0.25) is 0 Å². The predicted molar refractivity (Wildman–Crippen MR) is 261 cm³/mol. The van der Waals surface area contributed by atoms with Crippen molar-refractivity contribution in [1.29, 1.82) is 0 Å². The number of rotatable bonds is 2. The van der Waals surface area contributed by atoms with Gasteiger partial charge < -0.3 is 14.3 Å². The third-order valence-electron chi connectivity index (χ3n) is 14.8. The lowest BCUT2D eigenvalue weighted by molar-refractivity contribution is 0.660. The number of aromatic nitrogens is 1. The smallest absolute Gasteiger partial charge is 0.198 e. The average molecular weight is 792 g/mol. The summed E-state index contributed by atoms with van der Waals surface area (Å²) in [4.78, 5) is 6.46. The molecule has 0 saturated heterocycles. The SMILES string of the molecule is CC1(C)c2ccccc2-c2cc(N3c4cc5c(cc4[B]c4c(-c6cccc7c6[nH]c6ccc8ccccc8c67)cc6c(oc7ccccc76)c43)C(C)(C)c3ccccc3-5)ccc21. The van der Waals surface area contributed by atoms with Crippen LogP contribution in [0, 0.1) is 0 Å². The van der Waals surface area contributed by atoms with Crippen molar-refractivity contribution in [3.63, 3.8) is 0 Å². The molecular formula is C58H40BN2O. The van der Waals surface area contributed by atoms with Crippen molar-refractivity contribution in [2.24, 2.45) is 0 Å². The van der Waals surface area contributed by atoms with E-state index in [1.807, 2.05) is 0 Å². The minimum atomic E-state index is -0.146. The molecule has 2 aromatic heterocycles. The molecule has 1 N–H and O–H groups in total. The summed E-state index contributed by atoms with van der Waals surface area (Å²) in [7, 11) is 2.45. The molecule has 0 unspecified atom stereocenters. The molecule has 0 fully saturated rings. The van der Waals surface area contributed by atoms with Crippen LogP contribution in [-0.2, 0) is 10.8 Å². The first-order valence-corrected chi connectivity index (χ1v) is 21.8. The van der Waals surface area contributed by atoms with Gasteiger partial charge in [0, 0.05) is 54.8 Å². The molecule has 9 aromatic carbocycles. The summed E-state index contributed by atoms with van der Waals surface area (Å²) in [6.45, 7) is 9.47. The first-order valence-electron chi connectivity index (χ1n) is 21.8. The van der Waals surface area contributed by atoms with Gasteiger partial charge in [0.05, 0.1) is 11.2 Å². The van der Waals surface area contributed by atoms with Crippen LogP contribution in [0.25, 0.3) is 87.9 Å². The van der Waals surface area contributed by atoms with E-state index in [0.29, 0.717) is 0 Å². The molecule has 11 aromatic rings. The highest BCUT2D eigenvalue weighted by atomic mass is 16.3. The summed E-state index contributed by atoms with van der Waals surface area (Å²) in [5.41, 5.74) is 22.5. The number of fused-ring (bicyclic) bond motifs is 17. The molecule has 2 aliphatic carbocycles. The minimum absolute atomic E-state index is 0.102. The van der Waals surface area contributed by atoms with Crippen LogP contribution < -0.4 is 15.8 Å². The topological polar surface area (TPSA) is 32.2 Å². The second kappa shape index (κ2) is 11.7. The molecular weight excluding hydrogens is 751 g/mol. The zero-order valence-corrected chi connectivity index (χ0v) is 35.0. The van der Waals surface area contributed by atoms with E-state index in [2.05, 4.69) is 209 Å². The average Bonchev–Trinajstić information content (AvgIpc) is 4.00. The Labute approximate surface area is 360 Å². The third kappa shape index (κ3) is 4.31. The number of para-hydroxylation sites is 2. The molecule has 3 aliphatic rings. The fraction of sp³-hybridized carbons (Fsp3) is 0.103. The standard InChI is InChI=1S/C58H40BN2O/c1-57(2)44-21-10-7-16-35(44)40-28-33(25-26-46(40)57)61-50-30-41-36-17-8-11-22-45(36)58(3,4)47(41)31-48(50)59-53-42(29-43-37-18-9-12-23-51(37)62-56(43)55(53)61)38-19-13-20-39-52-34-15-6-5-14-32(34)24-27-49(52)60-54(38)39/h5-31,60H,1-4H3. The molecule has 0 saturated carbocycles. The van der Waals surface area contributed by atoms with Crippen LogP contribution in [0.1, 0.15) is 49.9 Å². The molecule has 14 rings (SSSR count). The Kier molecular flexibility index (Phi) is 6.52. The van der Waals surface area contributed by atoms with E-state index in [1.54, 1.807) is 0 Å². The lowest BCUT2D eigenvalue weighted by Crippen LogP contribution is -2.41. The highest BCUT2D eigenvalue weighted by Gasteiger charge is 2.41. The van der Waals surface area contributed by atoms with Crippen molar-refractivity contribution < 1.29 is 4.42 Å². The zero-order chi connectivity index (χ0) is 41.2. The van der Waals surface area contributed by atoms with E-state index in [1.165, 1.54) is 82.6 Å². The van der Waals surface area contributed by atoms with Crippen LogP contribution >= 0.6 is 0 Å². The minimum Gasteiger partial charge on any atom is -0.454 e. The normalized spacial score (nSPS) is 15.1. The number of hydrogen-bond acceptors (Lipinski definition) is 2. The van der Waals surface area contributed by atoms with Gasteiger partial charge in [-0.3, -0.25) is 0 Å². The second-order valence-corrected chi connectivity index (χ2v) is 18.7. The molecule has 0 spiro atoms. The van der Waals surface area contributed by atoms with E-state index >= 15 is 0 Å². The highest BCUT2D eigenvalue weighted by Crippen LogP contribution is 2.54. The summed E-state index contributed by atoms with van der Waals surface area (Å²) in [6.07, 6.45) is 0. The lowest BCUT2D eigenvalue weighted by Gasteiger charge is -2.36. The molecule has 3 nitrogen and oxygen atoms in total. The van der Waals surface area contributed by atoms with E-state index in [0.717, 1.165) is 55.5 Å². The number of H-pyrrole nitrogens is 1. The third-order valence-corrected chi connectivity index (χ3v) is 14.8. The molecule has 0 atom stereocenters. The Hall–Kier alpha value is -7.30. The monoisotopic (exact) mass is 791 g/mol. The van der Waals surface area contributed by atoms with Gasteiger partial charge in [0.25, 0.3) is 0 Å². The number of anilines is 3. The summed E-state index contributed by atoms with van der Waals surface area (Å²) in [5, 5.41) is 7.21. The van der Waals surface area contributed by atoms with Crippen LogP contribution in [-0.4, -0.2) is 12.3 Å². The second-order valence-electron chi connectivity index (χ2n) is 18.7. The molecule has 1 aliphatic heterocycles. The zero-order valence-electron chi connectivity index (χ0n) is 35.0. The summed E-state index contributed by atoms with van der Waals surface area (Å²) in [5.74, 6) is 0. The van der Waals surface area contributed by atoms with Gasteiger partial charge in [-0.25, -0.2) is 0 Å². The molecule has 1 radical (unpaired) electrons. The van der Waals surface area contributed by atoms with Gasteiger partial charge in [-0.15, -0.1) is 0 Å². The number of hydrogen-bond donors (Lipinski definition) is 1. The van der Waals surface area contributed by atoms with Crippen molar-refractivity contribution >= 4 is 89.8 Å². The number of benzene rings is 9. The Morgan fingerprint density at radius 3 is 1.98 bits per heavy atom. The molecule has 4 heteroatoms.